The summed E-state index contributed by atoms with van der Waals surface area (Å²) in [7, 11) is 0. The first kappa shape index (κ1) is 27.7. The Labute approximate surface area is 227 Å². The van der Waals surface area contributed by atoms with E-state index in [0.717, 1.165) is 5.56 Å². The molecule has 208 valence electrons. The molecule has 2 aromatic rings. The molecule has 39 heavy (non-hydrogen) atoms. The number of piperazine rings is 1. The van der Waals surface area contributed by atoms with Crippen LogP contribution in [0.15, 0.2) is 54.6 Å². The van der Waals surface area contributed by atoms with Gasteiger partial charge in [0.1, 0.15) is 12.2 Å². The predicted octanol–water partition coefficient (Wildman–Crippen LogP) is 3.99. The number of fused-ring (bicyclic) bond motifs is 1. The van der Waals surface area contributed by atoms with E-state index in [2.05, 4.69) is 5.32 Å². The number of urea groups is 1. The monoisotopic (exact) mass is 538 g/mol. The maximum atomic E-state index is 13.1. The van der Waals surface area contributed by atoms with Gasteiger partial charge in [-0.15, -0.1) is 0 Å². The van der Waals surface area contributed by atoms with Crippen LogP contribution in [-0.2, 0) is 20.9 Å². The lowest BCUT2D eigenvalue weighted by atomic mass is 10.0. The molecule has 11 nitrogen and oxygen atoms in total. The van der Waals surface area contributed by atoms with E-state index in [4.69, 9.17) is 9.47 Å². The third-order valence-electron chi connectivity index (χ3n) is 6.49. The summed E-state index contributed by atoms with van der Waals surface area (Å²) in [5.41, 5.74) is 1.39. The van der Waals surface area contributed by atoms with Crippen molar-refractivity contribution in [1.29, 1.82) is 0 Å². The molecule has 4 rings (SSSR count). The zero-order chi connectivity index (χ0) is 28.2. The van der Waals surface area contributed by atoms with Gasteiger partial charge in [0, 0.05) is 31.9 Å². The van der Waals surface area contributed by atoms with Crippen molar-refractivity contribution in [3.05, 3.63) is 65.7 Å². The Morgan fingerprint density at radius 2 is 1.72 bits per heavy atom. The summed E-state index contributed by atoms with van der Waals surface area (Å²) >= 11 is 0. The quantitative estimate of drug-likeness (QED) is 0.545. The molecule has 2 aromatic carbocycles. The van der Waals surface area contributed by atoms with E-state index in [1.807, 2.05) is 30.3 Å². The minimum atomic E-state index is -1.07. The minimum absolute atomic E-state index is 0.154. The molecule has 2 saturated heterocycles. The highest BCUT2D eigenvalue weighted by Crippen LogP contribution is 2.28. The molecule has 0 aliphatic carbocycles. The van der Waals surface area contributed by atoms with Crippen LogP contribution in [0.3, 0.4) is 0 Å². The molecule has 4 amide bonds. The van der Waals surface area contributed by atoms with Crippen molar-refractivity contribution in [2.24, 2.45) is 0 Å². The van der Waals surface area contributed by atoms with Crippen LogP contribution in [-0.4, -0.2) is 76.9 Å². The Balaban J connectivity index is 1.38. The summed E-state index contributed by atoms with van der Waals surface area (Å²) in [6.45, 7) is 6.91. The molecular formula is C28H34N4O7. The molecule has 0 radical (unpaired) electrons. The Kier molecular flexibility index (Phi) is 8.27. The number of hydrogen-bond donors (Lipinski definition) is 2. The van der Waals surface area contributed by atoms with Gasteiger partial charge in [-0.05, 0) is 44.0 Å². The van der Waals surface area contributed by atoms with Crippen molar-refractivity contribution < 1.29 is 33.8 Å². The second-order valence-corrected chi connectivity index (χ2v) is 10.6. The Morgan fingerprint density at radius 3 is 2.36 bits per heavy atom. The third-order valence-corrected chi connectivity index (χ3v) is 6.49. The first-order chi connectivity index (χ1) is 18.5. The summed E-state index contributed by atoms with van der Waals surface area (Å²) in [6.07, 6.45) is -1.44. The third kappa shape index (κ3) is 7.18. The highest BCUT2D eigenvalue weighted by atomic mass is 16.6. The molecule has 11 heteroatoms. The number of benzene rings is 2. The number of alkyl carbamates (subject to hydrolysis) is 1. The number of nitrogens with one attached hydrogen (secondary N) is 1. The second-order valence-electron chi connectivity index (χ2n) is 10.6. The Hall–Kier alpha value is -4.28. The molecule has 2 unspecified atom stereocenters. The van der Waals surface area contributed by atoms with Gasteiger partial charge < -0.3 is 29.7 Å². The average Bonchev–Trinajstić information content (AvgIpc) is 3.22. The van der Waals surface area contributed by atoms with Crippen molar-refractivity contribution in [3.63, 3.8) is 0 Å². The van der Waals surface area contributed by atoms with E-state index >= 15 is 0 Å². The number of anilines is 1. The van der Waals surface area contributed by atoms with E-state index in [1.165, 1.54) is 0 Å². The molecule has 0 spiro atoms. The zero-order valence-corrected chi connectivity index (χ0v) is 22.3. The van der Waals surface area contributed by atoms with Gasteiger partial charge in [0.05, 0.1) is 18.5 Å². The van der Waals surface area contributed by atoms with Crippen molar-refractivity contribution >= 4 is 29.9 Å². The van der Waals surface area contributed by atoms with E-state index < -0.39 is 29.8 Å². The van der Waals surface area contributed by atoms with E-state index in [-0.39, 0.29) is 25.1 Å². The van der Waals surface area contributed by atoms with Crippen LogP contribution in [0, 0.1) is 0 Å². The van der Waals surface area contributed by atoms with Crippen LogP contribution in [0.2, 0.25) is 0 Å². The number of carboxylic acids is 1. The van der Waals surface area contributed by atoms with Gasteiger partial charge in [-0.25, -0.2) is 14.4 Å². The number of amides is 4. The van der Waals surface area contributed by atoms with Crippen LogP contribution in [0.1, 0.15) is 44.4 Å². The number of nitrogens with zero attached hydrogens (tertiary/aromatic N) is 3. The highest BCUT2D eigenvalue weighted by molar-refractivity contribution is 5.95. The lowest BCUT2D eigenvalue weighted by Gasteiger charge is -2.35. The number of rotatable bonds is 7. The molecule has 2 aliphatic heterocycles. The molecular weight excluding hydrogens is 504 g/mol. The molecule has 0 aromatic heterocycles. The number of hydrogen-bond acceptors (Lipinski definition) is 6. The minimum Gasteiger partial charge on any atom is -0.481 e. The maximum Gasteiger partial charge on any atom is 0.410 e. The van der Waals surface area contributed by atoms with Crippen molar-refractivity contribution in [2.75, 3.05) is 31.1 Å². The summed E-state index contributed by atoms with van der Waals surface area (Å²) in [5, 5.41) is 12.0. The normalized spacial score (nSPS) is 17.9. The molecule has 2 heterocycles. The van der Waals surface area contributed by atoms with Gasteiger partial charge in [-0.2, -0.15) is 0 Å². The zero-order valence-electron chi connectivity index (χ0n) is 22.3. The smallest absolute Gasteiger partial charge is 0.410 e. The lowest BCUT2D eigenvalue weighted by molar-refractivity contribution is -0.137. The number of carbonyl (C=O) groups is 4. The molecule has 2 aliphatic rings. The number of ether oxygens (including phenoxy) is 2. The average molecular weight is 539 g/mol. The van der Waals surface area contributed by atoms with Gasteiger partial charge in [-0.3, -0.25) is 9.69 Å². The topological polar surface area (TPSA) is 129 Å². The van der Waals surface area contributed by atoms with Crippen LogP contribution in [0.5, 0.6) is 0 Å². The first-order valence-corrected chi connectivity index (χ1v) is 12.8. The van der Waals surface area contributed by atoms with E-state index in [1.54, 1.807) is 59.7 Å². The molecule has 2 N–H and O–H groups in total. The summed E-state index contributed by atoms with van der Waals surface area (Å²) < 4.78 is 10.7. The molecule has 2 fully saturated rings. The van der Waals surface area contributed by atoms with Crippen molar-refractivity contribution in [2.45, 2.75) is 51.5 Å². The SMILES string of the molecule is CC(C)(C)OC(=O)NC(CC(=O)O)c1ccc(N2CC3CN(C(=O)OCc4ccccc4)CCN3C2=O)cc1. The number of aliphatic carboxylic acids is 1. The Bertz CT molecular complexity index is 1200. The summed E-state index contributed by atoms with van der Waals surface area (Å²) in [6, 6.07) is 15.2. The highest BCUT2D eigenvalue weighted by Gasteiger charge is 2.42. The lowest BCUT2D eigenvalue weighted by Crippen LogP contribution is -2.53. The molecule has 2 atom stereocenters. The maximum absolute atomic E-state index is 13.1. The van der Waals surface area contributed by atoms with E-state index in [0.29, 0.717) is 37.4 Å². The van der Waals surface area contributed by atoms with Gasteiger partial charge >= 0.3 is 24.2 Å². The number of carboxylic acid groups (broad SMARTS) is 1. The van der Waals surface area contributed by atoms with Gasteiger partial charge in [0.15, 0.2) is 0 Å². The second kappa shape index (κ2) is 11.6. The molecule has 0 bridgehead atoms. The first-order valence-electron chi connectivity index (χ1n) is 12.8. The largest absolute Gasteiger partial charge is 0.481 e. The fourth-order valence-corrected chi connectivity index (χ4v) is 4.66. The van der Waals surface area contributed by atoms with Crippen LogP contribution < -0.4 is 10.2 Å². The van der Waals surface area contributed by atoms with Crippen LogP contribution in [0.4, 0.5) is 20.1 Å². The van der Waals surface area contributed by atoms with Gasteiger partial charge in [0.2, 0.25) is 0 Å². The van der Waals surface area contributed by atoms with Crippen LogP contribution >= 0.6 is 0 Å². The standard InChI is InChI=1S/C28H34N4O7/c1-28(2,3)39-25(35)29-23(15-24(33)34)20-9-11-21(12-10-20)32-17-22-16-30(13-14-31(22)26(32)36)27(37)38-18-19-7-5-4-6-8-19/h4-12,22-23H,13-18H2,1-3H3,(H,29,35)(H,33,34). The van der Waals surface area contributed by atoms with E-state index in [9.17, 15) is 24.3 Å². The van der Waals surface area contributed by atoms with Gasteiger partial charge in [0.25, 0.3) is 0 Å². The van der Waals surface area contributed by atoms with Crippen molar-refractivity contribution in [3.8, 4) is 0 Å². The summed E-state index contributed by atoms with van der Waals surface area (Å²) in [5.74, 6) is -1.07. The molecule has 0 saturated carbocycles. The fraction of sp³-hybridized carbons (Fsp3) is 0.429. The van der Waals surface area contributed by atoms with Crippen LogP contribution in [0.25, 0.3) is 0 Å². The predicted molar refractivity (Wildman–Crippen MR) is 142 cm³/mol. The van der Waals surface area contributed by atoms with Gasteiger partial charge in [-0.1, -0.05) is 42.5 Å². The Morgan fingerprint density at radius 1 is 1.03 bits per heavy atom. The fourth-order valence-electron chi connectivity index (χ4n) is 4.66. The summed E-state index contributed by atoms with van der Waals surface area (Å²) in [4.78, 5) is 54.5. The van der Waals surface area contributed by atoms with Crippen molar-refractivity contribution in [1.82, 2.24) is 15.1 Å². The number of carbonyl (C=O) groups excluding carboxylic acids is 3.